The molecule has 0 rings (SSSR count). The first-order valence-corrected chi connectivity index (χ1v) is 46.1. The van der Waals surface area contributed by atoms with E-state index in [4.69, 9.17) is 37.0 Å². The summed E-state index contributed by atoms with van der Waals surface area (Å²) in [6.07, 6.45) is 67.8. The maximum Gasteiger partial charge on any atom is 0.472 e. The smallest absolute Gasteiger partial charge is 0.462 e. The molecule has 0 bridgehead atoms. The Morgan fingerprint density at radius 3 is 0.667 bits per heavy atom. The molecular formula is C83H162O17P2. The predicted octanol–water partition coefficient (Wildman–Crippen LogP) is 25.2. The zero-order valence-corrected chi connectivity index (χ0v) is 68.5. The highest BCUT2D eigenvalue weighted by atomic mass is 31.2. The lowest BCUT2D eigenvalue weighted by molar-refractivity contribution is -0.161. The molecule has 0 amide bonds. The van der Waals surface area contributed by atoms with E-state index in [1.807, 2.05) is 0 Å². The van der Waals surface area contributed by atoms with E-state index in [-0.39, 0.29) is 25.7 Å². The van der Waals surface area contributed by atoms with Gasteiger partial charge in [0.2, 0.25) is 0 Å². The summed E-state index contributed by atoms with van der Waals surface area (Å²) in [5.41, 5.74) is 0. The van der Waals surface area contributed by atoms with Crippen LogP contribution in [0.3, 0.4) is 0 Å². The number of hydrogen-bond donors (Lipinski definition) is 3. The van der Waals surface area contributed by atoms with Crippen molar-refractivity contribution in [2.24, 2.45) is 5.92 Å². The van der Waals surface area contributed by atoms with Crippen molar-refractivity contribution in [2.45, 2.75) is 464 Å². The van der Waals surface area contributed by atoms with E-state index in [0.717, 1.165) is 95.8 Å². The zero-order valence-electron chi connectivity index (χ0n) is 66.8. The standard InChI is InChI=1S/C83H162O17P2/c1-6-9-12-15-18-21-24-27-29-30-31-32-34-37-44-49-54-59-64-69-83(88)100-79(73-94-81(86)67-62-57-52-47-42-39-38-40-45-50-55-60-65-76(4)5)75-98-102(91,92)96-71-77(84)70-95-101(89,90)97-74-78(72-93-80(85)66-61-56-51-46-41-35-26-23-20-17-14-11-8-3)99-82(87)68-63-58-53-48-43-36-33-28-25-22-19-16-13-10-7-2/h76-79,84H,6-75H2,1-5H3,(H,89,90)(H,91,92)/t77-,78+,79+/m0/s1. The topological polar surface area (TPSA) is 237 Å². The number of hydrogen-bond acceptors (Lipinski definition) is 15. The Labute approximate surface area is 626 Å². The van der Waals surface area contributed by atoms with E-state index in [0.29, 0.717) is 25.7 Å². The van der Waals surface area contributed by atoms with E-state index in [1.54, 1.807) is 0 Å². The van der Waals surface area contributed by atoms with Crippen LogP contribution in [-0.4, -0.2) is 96.7 Å². The molecule has 606 valence electrons. The number of rotatable bonds is 83. The number of aliphatic hydroxyl groups is 1. The van der Waals surface area contributed by atoms with E-state index in [9.17, 15) is 43.2 Å². The van der Waals surface area contributed by atoms with Crippen LogP contribution >= 0.6 is 15.6 Å². The molecule has 0 saturated carbocycles. The Balaban J connectivity index is 5.26. The minimum atomic E-state index is -4.96. The summed E-state index contributed by atoms with van der Waals surface area (Å²) in [5.74, 6) is -1.32. The Hall–Kier alpha value is -1.94. The van der Waals surface area contributed by atoms with E-state index in [2.05, 4.69) is 34.6 Å². The van der Waals surface area contributed by atoms with E-state index < -0.39 is 97.5 Å². The number of phosphoric ester groups is 2. The first kappa shape index (κ1) is 100. The monoisotopic (exact) mass is 1490 g/mol. The van der Waals surface area contributed by atoms with Gasteiger partial charge in [-0.1, -0.05) is 394 Å². The molecule has 0 aromatic rings. The third kappa shape index (κ3) is 76.3. The van der Waals surface area contributed by atoms with Gasteiger partial charge in [-0.2, -0.15) is 0 Å². The third-order valence-corrected chi connectivity index (χ3v) is 21.4. The maximum absolute atomic E-state index is 13.1. The fraction of sp³-hybridized carbons (Fsp3) is 0.952. The molecule has 0 spiro atoms. The quantitative estimate of drug-likeness (QED) is 0.0222. The van der Waals surface area contributed by atoms with Crippen LogP contribution in [0.15, 0.2) is 0 Å². The number of phosphoric acid groups is 2. The minimum absolute atomic E-state index is 0.109. The summed E-state index contributed by atoms with van der Waals surface area (Å²) >= 11 is 0. The van der Waals surface area contributed by atoms with Crippen LogP contribution in [0.2, 0.25) is 0 Å². The Morgan fingerprint density at radius 1 is 0.265 bits per heavy atom. The normalized spacial score (nSPS) is 13.8. The van der Waals surface area contributed by atoms with Gasteiger partial charge in [-0.3, -0.25) is 37.3 Å². The van der Waals surface area contributed by atoms with Gasteiger partial charge in [-0.15, -0.1) is 0 Å². The lowest BCUT2D eigenvalue weighted by Crippen LogP contribution is -2.30. The highest BCUT2D eigenvalue weighted by molar-refractivity contribution is 7.47. The molecule has 102 heavy (non-hydrogen) atoms. The number of carbonyl (C=O) groups is 4. The molecule has 0 fully saturated rings. The van der Waals surface area contributed by atoms with E-state index in [1.165, 1.54) is 270 Å². The number of unbranched alkanes of at least 4 members (excludes halogenated alkanes) is 55. The van der Waals surface area contributed by atoms with Crippen LogP contribution in [0.1, 0.15) is 446 Å². The van der Waals surface area contributed by atoms with Gasteiger partial charge in [0.25, 0.3) is 0 Å². The molecule has 0 saturated heterocycles. The van der Waals surface area contributed by atoms with Gasteiger partial charge < -0.3 is 33.8 Å². The van der Waals surface area contributed by atoms with Crippen LogP contribution in [0.4, 0.5) is 0 Å². The first-order chi connectivity index (χ1) is 49.5. The van der Waals surface area contributed by atoms with Crippen LogP contribution in [-0.2, 0) is 65.4 Å². The Bertz CT molecular complexity index is 1940. The molecule has 0 radical (unpaired) electrons. The second kappa shape index (κ2) is 75.9. The van der Waals surface area contributed by atoms with Gasteiger partial charge in [0.1, 0.15) is 19.3 Å². The number of ether oxygens (including phenoxy) is 4. The summed E-state index contributed by atoms with van der Waals surface area (Å²) in [7, 11) is -9.92. The lowest BCUT2D eigenvalue weighted by Gasteiger charge is -2.21. The highest BCUT2D eigenvalue weighted by Gasteiger charge is 2.30. The molecule has 19 heteroatoms. The Morgan fingerprint density at radius 2 is 0.451 bits per heavy atom. The van der Waals surface area contributed by atoms with Gasteiger partial charge in [0.05, 0.1) is 26.4 Å². The summed E-state index contributed by atoms with van der Waals surface area (Å²) in [4.78, 5) is 73.2. The van der Waals surface area contributed by atoms with Crippen LogP contribution in [0.25, 0.3) is 0 Å². The van der Waals surface area contributed by atoms with Crippen LogP contribution in [0.5, 0.6) is 0 Å². The predicted molar refractivity (Wildman–Crippen MR) is 418 cm³/mol. The SMILES string of the molecule is CCCCCCCCCCCCCCCCCCCCCC(=O)O[C@H](COC(=O)CCCCCCCCCCCCCCC(C)C)COP(=O)(O)OC[C@@H](O)COP(=O)(O)OC[C@@H](COC(=O)CCCCCCCCCCCCCCC)OC(=O)CCCCCCCCCCCCCCCCC. The van der Waals surface area contributed by atoms with Gasteiger partial charge >= 0.3 is 39.5 Å². The molecular weight excluding hydrogens is 1330 g/mol. The fourth-order valence-corrected chi connectivity index (χ4v) is 14.5. The fourth-order valence-electron chi connectivity index (χ4n) is 12.9. The molecule has 0 aromatic heterocycles. The van der Waals surface area contributed by atoms with Crippen molar-refractivity contribution < 1.29 is 80.2 Å². The molecule has 0 aromatic carbocycles. The largest absolute Gasteiger partial charge is 0.472 e. The molecule has 3 N–H and O–H groups in total. The molecule has 0 heterocycles. The van der Waals surface area contributed by atoms with Crippen molar-refractivity contribution in [3.8, 4) is 0 Å². The number of carbonyl (C=O) groups excluding carboxylic acids is 4. The Kier molecular flexibility index (Phi) is 74.4. The van der Waals surface area contributed by atoms with Crippen molar-refractivity contribution in [1.29, 1.82) is 0 Å². The van der Waals surface area contributed by atoms with Gasteiger partial charge in [0, 0.05) is 25.7 Å². The van der Waals surface area contributed by atoms with Gasteiger partial charge in [-0.05, 0) is 31.6 Å². The zero-order chi connectivity index (χ0) is 74.8. The number of aliphatic hydroxyl groups excluding tert-OH is 1. The maximum atomic E-state index is 13.1. The summed E-state index contributed by atoms with van der Waals surface area (Å²) in [6, 6.07) is 0. The molecule has 5 atom stereocenters. The van der Waals surface area contributed by atoms with Gasteiger partial charge in [0.15, 0.2) is 12.2 Å². The average molecular weight is 1490 g/mol. The second-order valence-corrected chi connectivity index (χ2v) is 33.3. The van der Waals surface area contributed by atoms with Crippen molar-refractivity contribution in [1.82, 2.24) is 0 Å². The summed E-state index contributed by atoms with van der Waals surface area (Å²) in [6.45, 7) is 7.37. The van der Waals surface area contributed by atoms with Crippen molar-refractivity contribution in [3.63, 3.8) is 0 Å². The van der Waals surface area contributed by atoms with Crippen molar-refractivity contribution in [3.05, 3.63) is 0 Å². The number of esters is 4. The molecule has 0 aliphatic rings. The summed E-state index contributed by atoms with van der Waals surface area (Å²) < 4.78 is 68.8. The van der Waals surface area contributed by atoms with E-state index >= 15 is 0 Å². The molecule has 17 nitrogen and oxygen atoms in total. The molecule has 0 aliphatic heterocycles. The highest BCUT2D eigenvalue weighted by Crippen LogP contribution is 2.45. The first-order valence-electron chi connectivity index (χ1n) is 43.1. The molecule has 2 unspecified atom stereocenters. The second-order valence-electron chi connectivity index (χ2n) is 30.3. The lowest BCUT2D eigenvalue weighted by atomic mass is 10.0. The minimum Gasteiger partial charge on any atom is -0.462 e. The van der Waals surface area contributed by atoms with Crippen LogP contribution in [0, 0.1) is 5.92 Å². The third-order valence-electron chi connectivity index (χ3n) is 19.5. The average Bonchev–Trinajstić information content (AvgIpc) is 0.926. The van der Waals surface area contributed by atoms with Crippen molar-refractivity contribution in [2.75, 3.05) is 39.6 Å². The summed E-state index contributed by atoms with van der Waals surface area (Å²) in [5, 5.41) is 10.7. The van der Waals surface area contributed by atoms with Crippen LogP contribution < -0.4 is 0 Å². The molecule has 0 aliphatic carbocycles. The van der Waals surface area contributed by atoms with Gasteiger partial charge in [-0.25, -0.2) is 9.13 Å². The van der Waals surface area contributed by atoms with Crippen molar-refractivity contribution >= 4 is 39.5 Å².